The monoisotopic (exact) mass is 348 g/mol. The average Bonchev–Trinajstić information content (AvgIpc) is 2.91. The van der Waals surface area contributed by atoms with Gasteiger partial charge >= 0.3 is 6.03 Å². The fourth-order valence-electron chi connectivity index (χ4n) is 2.27. The van der Waals surface area contributed by atoms with Gasteiger partial charge in [0.2, 0.25) is 11.8 Å². The van der Waals surface area contributed by atoms with E-state index in [2.05, 4.69) is 21.6 Å². The van der Waals surface area contributed by atoms with E-state index in [1.165, 1.54) is 0 Å². The van der Waals surface area contributed by atoms with Gasteiger partial charge in [0, 0.05) is 5.56 Å². The van der Waals surface area contributed by atoms with Crippen LogP contribution in [-0.4, -0.2) is 27.4 Å². The van der Waals surface area contributed by atoms with E-state index in [0.717, 1.165) is 28.5 Å². The largest absolute Gasteiger partial charge is 0.411 e. The van der Waals surface area contributed by atoms with Crippen LogP contribution in [0, 0.1) is 19.8 Å². The molecule has 24 heavy (non-hydrogen) atoms. The van der Waals surface area contributed by atoms with Crippen LogP contribution in [0.1, 0.15) is 25.0 Å². The molecule has 0 aliphatic carbocycles. The molecule has 0 fully saturated rings. The SMILES string of the molecule is Cc1cc(C)cc(-c2nnc(S[C@H](C(=O)NC(N)=O)C(C)C)o2)c1. The normalized spacial score (nSPS) is 12.2. The Morgan fingerprint density at radius 2 is 1.79 bits per heavy atom. The Balaban J connectivity index is 2.19. The summed E-state index contributed by atoms with van der Waals surface area (Å²) >= 11 is 1.11. The molecule has 0 spiro atoms. The lowest BCUT2D eigenvalue weighted by Gasteiger charge is -2.16. The van der Waals surface area contributed by atoms with Crippen LogP contribution in [0.4, 0.5) is 4.79 Å². The molecule has 1 aromatic carbocycles. The van der Waals surface area contributed by atoms with Crippen molar-refractivity contribution in [2.24, 2.45) is 11.7 Å². The third-order valence-corrected chi connectivity index (χ3v) is 4.59. The minimum atomic E-state index is -0.882. The highest BCUT2D eigenvalue weighted by Gasteiger charge is 2.27. The number of nitrogens with two attached hydrogens (primary N) is 1. The first-order chi connectivity index (χ1) is 11.3. The van der Waals surface area contributed by atoms with Gasteiger partial charge < -0.3 is 10.2 Å². The molecule has 8 heteroatoms. The van der Waals surface area contributed by atoms with Crippen molar-refractivity contribution in [2.45, 2.75) is 38.2 Å². The molecule has 3 amide bonds. The first-order valence-corrected chi connectivity index (χ1v) is 8.33. The number of rotatable bonds is 5. The highest BCUT2D eigenvalue weighted by Crippen LogP contribution is 2.30. The van der Waals surface area contributed by atoms with Crippen LogP contribution in [0.3, 0.4) is 0 Å². The van der Waals surface area contributed by atoms with E-state index < -0.39 is 17.2 Å². The number of benzene rings is 1. The standard InChI is InChI=1S/C16H20N4O3S/c1-8(2)12(13(21)18-15(17)22)24-16-20-19-14(23-16)11-6-9(3)5-10(4)7-11/h5-8,12H,1-4H3,(H3,17,18,21,22)/t12-/m0/s1. The molecular formula is C16H20N4O3S. The second-order valence-corrected chi connectivity index (χ2v) is 6.98. The van der Waals surface area contributed by atoms with Gasteiger partial charge in [-0.05, 0) is 31.9 Å². The van der Waals surface area contributed by atoms with Gasteiger partial charge in [-0.25, -0.2) is 4.79 Å². The summed E-state index contributed by atoms with van der Waals surface area (Å²) in [7, 11) is 0. The van der Waals surface area contributed by atoms with Crippen LogP contribution in [0.15, 0.2) is 27.8 Å². The van der Waals surface area contributed by atoms with E-state index >= 15 is 0 Å². The fraction of sp³-hybridized carbons (Fsp3) is 0.375. The molecule has 2 rings (SSSR count). The van der Waals surface area contributed by atoms with Crippen LogP contribution < -0.4 is 11.1 Å². The van der Waals surface area contributed by atoms with E-state index in [-0.39, 0.29) is 11.1 Å². The van der Waals surface area contributed by atoms with Gasteiger partial charge in [0.15, 0.2) is 0 Å². The molecule has 1 heterocycles. The Morgan fingerprint density at radius 3 is 2.33 bits per heavy atom. The van der Waals surface area contributed by atoms with Crippen molar-refractivity contribution in [2.75, 3.05) is 0 Å². The molecule has 1 aromatic heterocycles. The molecule has 0 unspecified atom stereocenters. The van der Waals surface area contributed by atoms with Gasteiger partial charge in [-0.3, -0.25) is 10.1 Å². The molecular weight excluding hydrogens is 328 g/mol. The Bertz CT molecular complexity index is 737. The molecule has 0 saturated heterocycles. The molecule has 128 valence electrons. The maximum Gasteiger partial charge on any atom is 0.318 e. The van der Waals surface area contributed by atoms with E-state index in [1.807, 2.05) is 39.8 Å². The van der Waals surface area contributed by atoms with Gasteiger partial charge in [0.05, 0.1) is 5.25 Å². The minimum absolute atomic E-state index is 0.0501. The maximum atomic E-state index is 12.0. The summed E-state index contributed by atoms with van der Waals surface area (Å²) < 4.78 is 5.66. The first kappa shape index (κ1) is 18.0. The van der Waals surface area contributed by atoms with Crippen molar-refractivity contribution in [1.82, 2.24) is 15.5 Å². The summed E-state index contributed by atoms with van der Waals surface area (Å²) in [6.45, 7) is 7.70. The highest BCUT2D eigenvalue weighted by molar-refractivity contribution is 8.00. The molecule has 0 bridgehead atoms. The van der Waals surface area contributed by atoms with Gasteiger partial charge in [-0.2, -0.15) is 0 Å². The maximum absolute atomic E-state index is 12.0. The van der Waals surface area contributed by atoms with Crippen LogP contribution in [0.25, 0.3) is 11.5 Å². The van der Waals surface area contributed by atoms with Crippen molar-refractivity contribution >= 4 is 23.7 Å². The average molecular weight is 348 g/mol. The first-order valence-electron chi connectivity index (χ1n) is 7.45. The number of carbonyl (C=O) groups is 2. The molecule has 0 aliphatic heterocycles. The summed E-state index contributed by atoms with van der Waals surface area (Å²) in [6.07, 6.45) is 0. The van der Waals surface area contributed by atoms with Crippen molar-refractivity contribution in [1.29, 1.82) is 0 Å². The lowest BCUT2D eigenvalue weighted by Crippen LogP contribution is -2.42. The van der Waals surface area contributed by atoms with Crippen LogP contribution in [0.5, 0.6) is 0 Å². The van der Waals surface area contributed by atoms with Crippen LogP contribution in [0.2, 0.25) is 0 Å². The van der Waals surface area contributed by atoms with Crippen LogP contribution in [-0.2, 0) is 4.79 Å². The molecule has 1 atom stereocenters. The molecule has 7 nitrogen and oxygen atoms in total. The van der Waals surface area contributed by atoms with Gasteiger partial charge in [0.1, 0.15) is 0 Å². The van der Waals surface area contributed by atoms with Crippen molar-refractivity contribution in [3.63, 3.8) is 0 Å². The minimum Gasteiger partial charge on any atom is -0.411 e. The van der Waals surface area contributed by atoms with Crippen LogP contribution >= 0.6 is 11.8 Å². The number of amides is 3. The molecule has 0 aliphatic rings. The number of thioether (sulfide) groups is 1. The lowest BCUT2D eigenvalue weighted by molar-refractivity contribution is -0.120. The topological polar surface area (TPSA) is 111 Å². The zero-order chi connectivity index (χ0) is 17.9. The number of aryl methyl sites for hydroxylation is 2. The number of aromatic nitrogens is 2. The summed E-state index contributed by atoms with van der Waals surface area (Å²) in [5, 5.41) is 9.81. The number of nitrogens with one attached hydrogen (secondary N) is 1. The molecule has 0 radical (unpaired) electrons. The fourth-order valence-corrected chi connectivity index (χ4v) is 3.14. The van der Waals surface area contributed by atoms with Gasteiger partial charge in [-0.1, -0.05) is 42.8 Å². The number of urea groups is 1. The smallest absolute Gasteiger partial charge is 0.318 e. The number of imide groups is 1. The predicted octanol–water partition coefficient (Wildman–Crippen LogP) is 2.67. The summed E-state index contributed by atoms with van der Waals surface area (Å²) in [5.41, 5.74) is 8.02. The summed E-state index contributed by atoms with van der Waals surface area (Å²) in [5.74, 6) is -0.137. The van der Waals surface area contributed by atoms with Crippen molar-refractivity contribution < 1.29 is 14.0 Å². The summed E-state index contributed by atoms with van der Waals surface area (Å²) in [6, 6.07) is 5.08. The zero-order valence-electron chi connectivity index (χ0n) is 14.0. The van der Waals surface area contributed by atoms with Gasteiger partial charge in [0.25, 0.3) is 5.22 Å². The Labute approximate surface area is 144 Å². The van der Waals surface area contributed by atoms with E-state index in [0.29, 0.717) is 5.89 Å². The number of hydrogen-bond donors (Lipinski definition) is 2. The zero-order valence-corrected chi connectivity index (χ0v) is 14.8. The lowest BCUT2D eigenvalue weighted by atomic mass is 10.1. The predicted molar refractivity (Wildman–Crippen MR) is 91.4 cm³/mol. The highest BCUT2D eigenvalue weighted by atomic mass is 32.2. The number of nitrogens with zero attached hydrogens (tertiary/aromatic N) is 2. The molecule has 0 saturated carbocycles. The van der Waals surface area contributed by atoms with Gasteiger partial charge in [-0.15, -0.1) is 10.2 Å². The second kappa shape index (κ2) is 7.48. The van der Waals surface area contributed by atoms with Crippen molar-refractivity contribution in [3.05, 3.63) is 29.3 Å². The Hall–Kier alpha value is -2.35. The third kappa shape index (κ3) is 4.58. The third-order valence-electron chi connectivity index (χ3n) is 3.21. The number of primary amides is 1. The molecule has 2 aromatic rings. The molecule has 3 N–H and O–H groups in total. The summed E-state index contributed by atoms with van der Waals surface area (Å²) in [4.78, 5) is 22.9. The Morgan fingerprint density at radius 1 is 1.17 bits per heavy atom. The quantitative estimate of drug-likeness (QED) is 0.804. The number of hydrogen-bond acceptors (Lipinski definition) is 6. The van der Waals surface area contributed by atoms with Crippen molar-refractivity contribution in [3.8, 4) is 11.5 Å². The Kier molecular flexibility index (Phi) is 5.61. The van der Waals surface area contributed by atoms with E-state index in [1.54, 1.807) is 0 Å². The van der Waals surface area contributed by atoms with E-state index in [9.17, 15) is 9.59 Å². The second-order valence-electron chi connectivity index (χ2n) is 5.89. The van der Waals surface area contributed by atoms with E-state index in [4.69, 9.17) is 10.2 Å². The number of carbonyl (C=O) groups excluding carboxylic acids is 2.